The molecule has 2 heterocycles. The van der Waals surface area contributed by atoms with Crippen molar-refractivity contribution in [1.29, 1.82) is 5.26 Å². The van der Waals surface area contributed by atoms with Crippen molar-refractivity contribution in [3.63, 3.8) is 0 Å². The van der Waals surface area contributed by atoms with E-state index in [-0.39, 0.29) is 43.4 Å². The van der Waals surface area contributed by atoms with Gasteiger partial charge in [-0.05, 0) is 61.9 Å². The van der Waals surface area contributed by atoms with Gasteiger partial charge in [-0.1, -0.05) is 30.3 Å². The van der Waals surface area contributed by atoms with Crippen molar-refractivity contribution >= 4 is 27.5 Å². The van der Waals surface area contributed by atoms with E-state index in [4.69, 9.17) is 0 Å². The molecule has 2 aliphatic rings. The van der Waals surface area contributed by atoms with Gasteiger partial charge in [0.25, 0.3) is 5.91 Å². The van der Waals surface area contributed by atoms with Crippen LogP contribution in [-0.2, 0) is 32.5 Å². The smallest absolute Gasteiger partial charge is 0.253 e. The Balaban J connectivity index is 1.42. The monoisotopic (exact) mass is 492 g/mol. The third kappa shape index (κ3) is 5.19. The first-order chi connectivity index (χ1) is 16.6. The average Bonchev–Trinajstić information content (AvgIpc) is 3.13. The number of benzene rings is 2. The number of hydrogen-bond acceptors (Lipinski definition) is 6. The van der Waals surface area contributed by atoms with E-state index in [1.54, 1.807) is 31.2 Å². The summed E-state index contributed by atoms with van der Waals surface area (Å²) in [6, 6.07) is 14.8. The number of Topliss-reactive ketones (excluding diaryl/α,β-unsaturated/α-hetero) is 1. The largest absolute Gasteiger partial charge is 0.308 e. The quantitative estimate of drug-likeness (QED) is 0.636. The van der Waals surface area contributed by atoms with Gasteiger partial charge in [-0.25, -0.2) is 12.7 Å². The van der Waals surface area contributed by atoms with Crippen molar-refractivity contribution < 1.29 is 18.0 Å². The molecule has 1 N–H and O–H groups in total. The summed E-state index contributed by atoms with van der Waals surface area (Å²) in [6.45, 7) is 3.89. The summed E-state index contributed by atoms with van der Waals surface area (Å²) >= 11 is 0. The number of ketones is 1. The molecule has 182 valence electrons. The molecule has 1 spiro atoms. The number of sulfonamides is 1. The van der Waals surface area contributed by atoms with Crippen LogP contribution in [0.3, 0.4) is 0 Å². The fraction of sp³-hybridized carbons (Fsp3) is 0.385. The van der Waals surface area contributed by atoms with Crippen molar-refractivity contribution in [3.8, 4) is 6.07 Å². The van der Waals surface area contributed by atoms with Crippen LogP contribution >= 0.6 is 0 Å². The number of amides is 1. The Morgan fingerprint density at radius 2 is 1.91 bits per heavy atom. The minimum atomic E-state index is -3.51. The normalized spacial score (nSPS) is 17.6. The molecular weight excluding hydrogens is 464 g/mol. The molecular formula is C26H28N4O4S. The highest BCUT2D eigenvalue weighted by Gasteiger charge is 2.47. The van der Waals surface area contributed by atoms with Gasteiger partial charge >= 0.3 is 0 Å². The van der Waals surface area contributed by atoms with E-state index in [2.05, 4.69) is 16.4 Å². The molecule has 4 rings (SSSR count). The minimum absolute atomic E-state index is 0.0246. The van der Waals surface area contributed by atoms with Crippen molar-refractivity contribution in [2.75, 3.05) is 18.8 Å². The molecule has 0 bridgehead atoms. The number of nitrogens with one attached hydrogen (secondary N) is 1. The van der Waals surface area contributed by atoms with Gasteiger partial charge in [0, 0.05) is 25.1 Å². The molecule has 0 aliphatic carbocycles. The van der Waals surface area contributed by atoms with Crippen LogP contribution in [0.1, 0.15) is 47.6 Å². The molecule has 1 amide bonds. The summed E-state index contributed by atoms with van der Waals surface area (Å²) in [5.41, 5.74) is 2.82. The number of amidine groups is 1. The minimum Gasteiger partial charge on any atom is -0.308 e. The average molecular weight is 493 g/mol. The van der Waals surface area contributed by atoms with E-state index in [9.17, 15) is 23.3 Å². The maximum atomic E-state index is 13.0. The van der Waals surface area contributed by atoms with Crippen LogP contribution in [0.25, 0.3) is 0 Å². The number of piperidine rings is 1. The van der Waals surface area contributed by atoms with Crippen LogP contribution in [0, 0.1) is 18.3 Å². The predicted octanol–water partition coefficient (Wildman–Crippen LogP) is 2.28. The van der Waals surface area contributed by atoms with Crippen LogP contribution in [0.4, 0.5) is 0 Å². The van der Waals surface area contributed by atoms with Crippen LogP contribution in [0.15, 0.2) is 47.5 Å². The Morgan fingerprint density at radius 3 is 2.57 bits per heavy atom. The number of aliphatic imine (C=N–C) groups is 1. The highest BCUT2D eigenvalue weighted by molar-refractivity contribution is 7.89. The Morgan fingerprint density at radius 1 is 1.20 bits per heavy atom. The molecule has 0 unspecified atom stereocenters. The zero-order valence-corrected chi connectivity index (χ0v) is 20.7. The molecule has 1 saturated heterocycles. The summed E-state index contributed by atoms with van der Waals surface area (Å²) in [6.07, 6.45) is 1.32. The van der Waals surface area contributed by atoms with Gasteiger partial charge in [0.05, 0.1) is 17.4 Å². The Kier molecular flexibility index (Phi) is 6.88. The van der Waals surface area contributed by atoms with Crippen molar-refractivity contribution in [1.82, 2.24) is 9.62 Å². The zero-order valence-electron chi connectivity index (χ0n) is 19.9. The van der Waals surface area contributed by atoms with E-state index in [0.717, 1.165) is 16.7 Å². The predicted molar refractivity (Wildman–Crippen MR) is 132 cm³/mol. The second-order valence-corrected chi connectivity index (χ2v) is 11.3. The fourth-order valence-corrected chi connectivity index (χ4v) is 6.18. The number of carbonyl (C=O) groups excluding carboxylic acids is 2. The van der Waals surface area contributed by atoms with Crippen LogP contribution in [0.5, 0.6) is 0 Å². The second-order valence-electron chi connectivity index (χ2n) is 9.21. The number of aryl methyl sites for hydroxylation is 2. The zero-order chi connectivity index (χ0) is 25.2. The van der Waals surface area contributed by atoms with Crippen molar-refractivity contribution in [3.05, 3.63) is 70.3 Å². The molecule has 0 saturated carbocycles. The maximum Gasteiger partial charge on any atom is 0.253 e. The molecule has 0 atom stereocenters. The highest BCUT2D eigenvalue weighted by Crippen LogP contribution is 2.32. The van der Waals surface area contributed by atoms with E-state index >= 15 is 0 Å². The molecule has 8 nitrogen and oxygen atoms in total. The van der Waals surface area contributed by atoms with Crippen molar-refractivity contribution in [2.24, 2.45) is 4.99 Å². The van der Waals surface area contributed by atoms with Crippen LogP contribution in [0.2, 0.25) is 0 Å². The molecule has 35 heavy (non-hydrogen) atoms. The van der Waals surface area contributed by atoms with Crippen LogP contribution < -0.4 is 5.32 Å². The Hall–Kier alpha value is -3.35. The summed E-state index contributed by atoms with van der Waals surface area (Å²) in [5, 5.41) is 12.2. The fourth-order valence-electron chi connectivity index (χ4n) is 4.71. The molecule has 2 aliphatic heterocycles. The molecule has 2 aromatic carbocycles. The Labute approximate surface area is 205 Å². The lowest BCUT2D eigenvalue weighted by atomic mass is 9.89. The van der Waals surface area contributed by atoms with E-state index in [0.29, 0.717) is 29.8 Å². The number of nitrogens with zero attached hydrogens (tertiary/aromatic N) is 3. The maximum absolute atomic E-state index is 13.0. The third-order valence-electron chi connectivity index (χ3n) is 6.72. The first kappa shape index (κ1) is 24.8. The molecule has 1 fully saturated rings. The lowest BCUT2D eigenvalue weighted by Gasteiger charge is -2.34. The van der Waals surface area contributed by atoms with Gasteiger partial charge in [-0.3, -0.25) is 14.6 Å². The summed E-state index contributed by atoms with van der Waals surface area (Å²) < 4.78 is 27.5. The number of rotatable bonds is 7. The van der Waals surface area contributed by atoms with Gasteiger partial charge in [0.15, 0.2) is 0 Å². The summed E-state index contributed by atoms with van der Waals surface area (Å²) in [7, 11) is -3.51. The van der Waals surface area contributed by atoms with Gasteiger partial charge in [0.2, 0.25) is 10.0 Å². The molecule has 0 radical (unpaired) electrons. The first-order valence-corrected chi connectivity index (χ1v) is 13.2. The van der Waals surface area contributed by atoms with Crippen molar-refractivity contribution in [2.45, 2.75) is 45.1 Å². The third-order valence-corrected chi connectivity index (χ3v) is 8.59. The first-order valence-electron chi connectivity index (χ1n) is 11.6. The van der Waals surface area contributed by atoms with E-state index < -0.39 is 15.6 Å². The molecule has 0 aromatic heterocycles. The van der Waals surface area contributed by atoms with Gasteiger partial charge in [-0.2, -0.15) is 5.26 Å². The summed E-state index contributed by atoms with van der Waals surface area (Å²) in [5.74, 6) is 0.179. The number of hydrogen-bond donors (Lipinski definition) is 1. The number of carbonyl (C=O) groups is 2. The van der Waals surface area contributed by atoms with E-state index in [1.165, 1.54) is 4.31 Å². The lowest BCUT2D eigenvalue weighted by molar-refractivity contribution is -0.125. The summed E-state index contributed by atoms with van der Waals surface area (Å²) in [4.78, 5) is 28.8. The Bertz CT molecular complexity index is 1350. The standard InChI is InChI=1S/C26H28N4O4S/c1-18-15-20(16-19(2)31)7-8-21(18)9-14-35(33,34)30-12-10-26(11-13-30)25(32)28-24(29-26)23-6-4-3-5-22(23)17-27/h3-8,15H,9-14,16H2,1-2H3,(H,28,29,32). The van der Waals surface area contributed by atoms with Crippen LogP contribution in [-0.4, -0.2) is 54.6 Å². The van der Waals surface area contributed by atoms with Gasteiger partial charge < -0.3 is 5.32 Å². The second kappa shape index (κ2) is 9.72. The number of nitriles is 1. The lowest BCUT2D eigenvalue weighted by Crippen LogP contribution is -2.50. The van der Waals surface area contributed by atoms with Gasteiger partial charge in [0.1, 0.15) is 17.2 Å². The SMILES string of the molecule is CC(=O)Cc1ccc(CCS(=O)(=O)N2CCC3(CC2)N=C(c2ccccc2C#N)NC3=O)c(C)c1. The topological polar surface area (TPSA) is 120 Å². The van der Waals surface area contributed by atoms with Gasteiger partial charge in [-0.15, -0.1) is 0 Å². The molecule has 2 aromatic rings. The molecule has 9 heteroatoms. The van der Waals surface area contributed by atoms with E-state index in [1.807, 2.05) is 25.1 Å². The highest BCUT2D eigenvalue weighted by atomic mass is 32.2.